The van der Waals surface area contributed by atoms with E-state index in [1.54, 1.807) is 6.08 Å². The van der Waals surface area contributed by atoms with Crippen LogP contribution < -0.4 is 0 Å². The molecule has 1 heteroatoms. The first-order valence-electron chi connectivity index (χ1n) is 3.10. The minimum absolute atomic E-state index is 0.771. The van der Waals surface area contributed by atoms with Crippen molar-refractivity contribution in [2.24, 2.45) is 0 Å². The fourth-order valence-corrected chi connectivity index (χ4v) is 0.715. The Morgan fingerprint density at radius 2 is 1.80 bits per heavy atom. The van der Waals surface area contributed by atoms with Crippen LogP contribution in [0.15, 0.2) is 36.4 Å². The lowest BCUT2D eigenvalue weighted by molar-refractivity contribution is -0.104. The van der Waals surface area contributed by atoms with Crippen LogP contribution in [0.1, 0.15) is 5.56 Å². The second-order valence-electron chi connectivity index (χ2n) is 1.91. The van der Waals surface area contributed by atoms with Crippen molar-refractivity contribution in [2.75, 3.05) is 0 Å². The Hall–Kier alpha value is -1.37. The molecular weight excluding hydrogens is 124 g/mol. The van der Waals surface area contributed by atoms with Gasteiger partial charge in [0.25, 0.3) is 0 Å². The molecule has 0 aliphatic carbocycles. The Balaban J connectivity index is 2.76. The van der Waals surface area contributed by atoms with E-state index >= 15 is 0 Å². The van der Waals surface area contributed by atoms with Gasteiger partial charge in [-0.15, -0.1) is 0 Å². The standard InChI is InChI=1S/C9H8O/c10-8-4-7-9-5-2-1-3-6-9/h1-8H/q+1/b7-4+. The predicted molar refractivity (Wildman–Crippen MR) is 41.5 cm³/mol. The molecule has 49 valence electrons. The molecule has 10 heavy (non-hydrogen) atoms. The minimum Gasteiger partial charge on any atom is -0.0622 e. The van der Waals surface area contributed by atoms with Crippen LogP contribution in [0, 0.1) is 0 Å². The molecule has 0 amide bonds. The first kappa shape index (κ1) is 6.75. The van der Waals surface area contributed by atoms with Crippen molar-refractivity contribution in [3.8, 4) is 0 Å². The average molecular weight is 132 g/mol. The number of hydrogen-bond donors (Lipinski definition) is 0. The molecule has 0 spiro atoms. The molecule has 0 aliphatic heterocycles. The van der Waals surface area contributed by atoms with Crippen molar-refractivity contribution in [3.63, 3.8) is 0 Å². The summed E-state index contributed by atoms with van der Waals surface area (Å²) in [5.41, 5.74) is 1.05. The van der Waals surface area contributed by atoms with Gasteiger partial charge in [-0.25, -0.2) is 0 Å². The summed E-state index contributed by atoms with van der Waals surface area (Å²) in [6.45, 7) is 0. The maximum atomic E-state index is 9.89. The van der Waals surface area contributed by atoms with E-state index in [9.17, 15) is 4.79 Å². The summed E-state index contributed by atoms with van der Waals surface area (Å²) in [6, 6.07) is 9.70. The molecule has 0 bridgehead atoms. The van der Waals surface area contributed by atoms with E-state index in [-0.39, 0.29) is 0 Å². The van der Waals surface area contributed by atoms with Gasteiger partial charge in [-0.3, -0.25) is 0 Å². The van der Waals surface area contributed by atoms with Crippen molar-refractivity contribution in [3.05, 3.63) is 42.0 Å². The molecule has 0 fully saturated rings. The third-order valence-corrected chi connectivity index (χ3v) is 1.17. The molecule has 0 saturated heterocycles. The molecular formula is C9H8O+. The molecule has 1 radical (unpaired) electrons. The highest BCUT2D eigenvalue weighted by Gasteiger charge is 1.82. The van der Waals surface area contributed by atoms with Gasteiger partial charge in [-0.2, -0.15) is 0 Å². The maximum absolute atomic E-state index is 9.89. The molecule has 0 unspecified atom stereocenters. The van der Waals surface area contributed by atoms with Gasteiger partial charge in [0.1, 0.15) is 0 Å². The quantitative estimate of drug-likeness (QED) is 0.342. The Bertz CT molecular complexity index is 224. The highest BCUT2D eigenvalue weighted by Crippen LogP contribution is 1.99. The van der Waals surface area contributed by atoms with Gasteiger partial charge in [0.2, 0.25) is 4.79 Å². The fourth-order valence-electron chi connectivity index (χ4n) is 0.715. The van der Waals surface area contributed by atoms with Crippen LogP contribution in [0.5, 0.6) is 0 Å². The van der Waals surface area contributed by atoms with Crippen molar-refractivity contribution >= 4 is 12.4 Å². The molecule has 1 aromatic carbocycles. The van der Waals surface area contributed by atoms with Gasteiger partial charge in [-0.05, 0) is 11.6 Å². The lowest BCUT2D eigenvalue weighted by Gasteiger charge is -1.85. The highest BCUT2D eigenvalue weighted by atomic mass is 16.1. The zero-order valence-corrected chi connectivity index (χ0v) is 5.53. The van der Waals surface area contributed by atoms with Crippen LogP contribution in [0.25, 0.3) is 6.08 Å². The summed E-state index contributed by atoms with van der Waals surface area (Å²) in [5, 5.41) is 0. The molecule has 1 aromatic rings. The lowest BCUT2D eigenvalue weighted by atomic mass is 10.2. The summed E-state index contributed by atoms with van der Waals surface area (Å²) >= 11 is 0. The lowest BCUT2D eigenvalue weighted by Crippen LogP contribution is -1.67. The summed E-state index contributed by atoms with van der Waals surface area (Å²) in [4.78, 5) is 9.89. The summed E-state index contributed by atoms with van der Waals surface area (Å²) in [7, 11) is 0. The number of aldehydes is 1. The number of carbonyl (C=O) groups excluding carboxylic acids is 1. The maximum Gasteiger partial charge on any atom is 0.456 e. The Morgan fingerprint density at radius 1 is 1.10 bits per heavy atom. The van der Waals surface area contributed by atoms with Crippen LogP contribution in [-0.4, -0.2) is 6.29 Å². The van der Waals surface area contributed by atoms with E-state index in [1.807, 2.05) is 30.3 Å². The van der Waals surface area contributed by atoms with E-state index < -0.39 is 0 Å². The van der Waals surface area contributed by atoms with Crippen LogP contribution in [-0.2, 0) is 4.79 Å². The van der Waals surface area contributed by atoms with Gasteiger partial charge in [0.15, 0.2) is 0 Å². The molecule has 0 heterocycles. The number of hydrogen-bond acceptors (Lipinski definition) is 1. The molecule has 1 nitrogen and oxygen atoms in total. The minimum atomic E-state index is 0.771. The Kier molecular flexibility index (Phi) is 2.44. The van der Waals surface area contributed by atoms with E-state index in [0.29, 0.717) is 0 Å². The van der Waals surface area contributed by atoms with Gasteiger partial charge in [0.05, 0.1) is 0 Å². The van der Waals surface area contributed by atoms with Crippen LogP contribution in [0.2, 0.25) is 0 Å². The van der Waals surface area contributed by atoms with Gasteiger partial charge in [0, 0.05) is 6.08 Å². The SMILES string of the molecule is [O+]=C/C=C/c1ccccc1. The fraction of sp³-hybridized carbons (Fsp3) is 0. The van der Waals surface area contributed by atoms with Crippen LogP contribution in [0.3, 0.4) is 0 Å². The summed E-state index contributed by atoms with van der Waals surface area (Å²) < 4.78 is 0. The molecule has 0 aliphatic rings. The van der Waals surface area contributed by atoms with Gasteiger partial charge < -0.3 is 0 Å². The zero-order valence-electron chi connectivity index (χ0n) is 5.53. The van der Waals surface area contributed by atoms with Crippen molar-refractivity contribution in [1.29, 1.82) is 0 Å². The molecule has 0 aromatic heterocycles. The third kappa shape index (κ3) is 1.86. The second kappa shape index (κ2) is 3.62. The van der Waals surface area contributed by atoms with E-state index in [2.05, 4.69) is 0 Å². The van der Waals surface area contributed by atoms with Gasteiger partial charge >= 0.3 is 6.29 Å². The average Bonchev–Trinajstić information content (AvgIpc) is 2.03. The number of rotatable bonds is 2. The smallest absolute Gasteiger partial charge is 0.0622 e. The predicted octanol–water partition coefficient (Wildman–Crippen LogP) is 1.90. The summed E-state index contributed by atoms with van der Waals surface area (Å²) in [5.74, 6) is 0. The molecule has 0 atom stereocenters. The first-order valence-corrected chi connectivity index (χ1v) is 3.10. The largest absolute Gasteiger partial charge is 0.456 e. The topological polar surface area (TPSA) is 19.9 Å². The summed E-state index contributed by atoms with van der Waals surface area (Å²) in [6.07, 6.45) is 4.02. The monoisotopic (exact) mass is 132 g/mol. The molecule has 0 N–H and O–H groups in total. The Morgan fingerprint density at radius 3 is 2.40 bits per heavy atom. The second-order valence-corrected chi connectivity index (χ2v) is 1.91. The van der Waals surface area contributed by atoms with E-state index in [4.69, 9.17) is 0 Å². The number of benzene rings is 1. The van der Waals surface area contributed by atoms with Crippen LogP contribution in [0.4, 0.5) is 0 Å². The van der Waals surface area contributed by atoms with Crippen molar-refractivity contribution in [2.45, 2.75) is 0 Å². The number of allylic oxidation sites excluding steroid dienone is 1. The zero-order chi connectivity index (χ0) is 7.23. The van der Waals surface area contributed by atoms with E-state index in [1.165, 1.54) is 6.08 Å². The van der Waals surface area contributed by atoms with E-state index in [0.717, 1.165) is 11.8 Å². The third-order valence-electron chi connectivity index (χ3n) is 1.17. The molecule has 1 rings (SSSR count). The Labute approximate surface area is 60.0 Å². The van der Waals surface area contributed by atoms with Gasteiger partial charge in [-0.1, -0.05) is 30.3 Å². The molecule has 0 saturated carbocycles. The number of carbonyl (C=O) groups is 1. The van der Waals surface area contributed by atoms with Crippen molar-refractivity contribution < 1.29 is 4.79 Å². The highest BCUT2D eigenvalue weighted by molar-refractivity contribution is 5.73. The normalized spacial score (nSPS) is 10.0. The van der Waals surface area contributed by atoms with Crippen molar-refractivity contribution in [1.82, 2.24) is 0 Å². The van der Waals surface area contributed by atoms with Crippen LogP contribution >= 0.6 is 0 Å². The first-order chi connectivity index (χ1) is 4.93.